The van der Waals surface area contributed by atoms with Crippen LogP contribution in [-0.4, -0.2) is 49.3 Å². The molecule has 3 N–H and O–H groups in total. The first-order chi connectivity index (χ1) is 29.8. The summed E-state index contributed by atoms with van der Waals surface area (Å²) in [6.07, 6.45) is 57.9. The van der Waals surface area contributed by atoms with Crippen LogP contribution in [0.25, 0.3) is 0 Å². The molecule has 0 aliphatic carbocycles. The first kappa shape index (κ1) is 58.5. The molecule has 2 atom stereocenters. The molecule has 0 amide bonds. The topological polar surface area (TPSA) is 134 Å². The van der Waals surface area contributed by atoms with Crippen molar-refractivity contribution >= 4 is 19.8 Å². The van der Waals surface area contributed by atoms with Crippen molar-refractivity contribution in [2.24, 2.45) is 5.73 Å². The van der Waals surface area contributed by atoms with E-state index in [1.54, 1.807) is 0 Å². The minimum Gasteiger partial charge on any atom is -0.462 e. The van der Waals surface area contributed by atoms with Crippen LogP contribution in [0.3, 0.4) is 0 Å². The van der Waals surface area contributed by atoms with Gasteiger partial charge in [0.2, 0.25) is 0 Å². The summed E-state index contributed by atoms with van der Waals surface area (Å²) < 4.78 is 32.9. The van der Waals surface area contributed by atoms with Gasteiger partial charge in [-0.2, -0.15) is 0 Å². The molecule has 0 bridgehead atoms. The highest BCUT2D eigenvalue weighted by molar-refractivity contribution is 7.47. The van der Waals surface area contributed by atoms with Gasteiger partial charge in [0.15, 0.2) is 6.10 Å². The van der Waals surface area contributed by atoms with Crippen LogP contribution >= 0.6 is 7.82 Å². The Kier molecular flexibility index (Phi) is 45.0. The van der Waals surface area contributed by atoms with E-state index in [1.807, 2.05) is 0 Å². The van der Waals surface area contributed by atoms with Gasteiger partial charge in [0.25, 0.3) is 0 Å². The van der Waals surface area contributed by atoms with Gasteiger partial charge in [-0.15, -0.1) is 0 Å². The summed E-state index contributed by atoms with van der Waals surface area (Å²) in [4.78, 5) is 35.0. The number of esters is 2. The number of allylic oxidation sites excluding steroid dienone is 12. The summed E-state index contributed by atoms with van der Waals surface area (Å²) in [5.74, 6) is -0.847. The molecule has 0 aromatic carbocycles. The van der Waals surface area contributed by atoms with Crippen molar-refractivity contribution in [3.05, 3.63) is 72.9 Å². The van der Waals surface area contributed by atoms with E-state index in [1.165, 1.54) is 83.5 Å². The molecule has 0 saturated carbocycles. The average molecular weight is 876 g/mol. The molecule has 0 spiro atoms. The Balaban J connectivity index is 4.12. The molecule has 9 nitrogen and oxygen atoms in total. The maximum absolute atomic E-state index is 12.6. The lowest BCUT2D eigenvalue weighted by Crippen LogP contribution is -2.29. The van der Waals surface area contributed by atoms with Gasteiger partial charge < -0.3 is 20.1 Å². The number of hydrogen-bond donors (Lipinski definition) is 2. The number of rotatable bonds is 45. The minimum atomic E-state index is -4.39. The van der Waals surface area contributed by atoms with E-state index in [0.717, 1.165) is 89.9 Å². The summed E-state index contributed by atoms with van der Waals surface area (Å²) >= 11 is 0. The monoisotopic (exact) mass is 876 g/mol. The fraction of sp³-hybridized carbons (Fsp3) is 0.725. The van der Waals surface area contributed by atoms with Crippen LogP contribution in [-0.2, 0) is 32.7 Å². The first-order valence-corrected chi connectivity index (χ1v) is 25.9. The van der Waals surface area contributed by atoms with E-state index in [0.29, 0.717) is 6.42 Å². The fourth-order valence-corrected chi connectivity index (χ4v) is 7.24. The molecular formula is C51H90NO8P. The normalized spacial score (nSPS) is 13.8. The number of phosphoric acid groups is 1. The summed E-state index contributed by atoms with van der Waals surface area (Å²) in [7, 11) is -4.39. The molecule has 0 radical (unpaired) electrons. The van der Waals surface area contributed by atoms with Crippen LogP contribution in [0.1, 0.15) is 206 Å². The molecule has 0 aromatic rings. The van der Waals surface area contributed by atoms with Gasteiger partial charge in [-0.1, -0.05) is 183 Å². The summed E-state index contributed by atoms with van der Waals surface area (Å²) in [6, 6.07) is 0. The van der Waals surface area contributed by atoms with E-state index >= 15 is 0 Å². The van der Waals surface area contributed by atoms with E-state index in [-0.39, 0.29) is 32.6 Å². The lowest BCUT2D eigenvalue weighted by atomic mass is 10.1. The third-order valence-corrected chi connectivity index (χ3v) is 11.1. The SMILES string of the molecule is CC/C=C\C/C=C\C/C=C\C/C=C\C/C=C\CCCCCCCCCC(=O)OC(COC(=O)CCCCCCCCC/C=C\CCCCCCCC)COP(=O)(O)OCCN. The summed E-state index contributed by atoms with van der Waals surface area (Å²) in [5.41, 5.74) is 5.36. The van der Waals surface area contributed by atoms with E-state index in [4.69, 9.17) is 24.3 Å². The van der Waals surface area contributed by atoms with Crippen molar-refractivity contribution in [2.75, 3.05) is 26.4 Å². The standard InChI is InChI=1S/C51H90NO8P/c1-3-5-7-9-11-13-15-17-19-21-22-23-24-25-26-28-30-32-34-36-38-40-42-44-51(54)60-49(48-59-61(55,56)58-46-45-52)47-57-50(53)43-41-39-37-35-33-31-29-27-20-18-16-14-12-10-8-6-4-2/h5,7,11,13,17-20,22-23,25-26,49H,3-4,6,8-10,12,14-16,21,24,27-48,52H2,1-2H3,(H,55,56)/b7-5-,13-11-,19-17-,20-18-,23-22-,26-25-. The zero-order valence-electron chi connectivity index (χ0n) is 38.9. The number of carbonyl (C=O) groups excluding carboxylic acids is 2. The first-order valence-electron chi connectivity index (χ1n) is 24.4. The molecule has 0 heterocycles. The highest BCUT2D eigenvalue weighted by atomic mass is 31.2. The Bertz CT molecular complexity index is 1230. The van der Waals surface area contributed by atoms with Crippen molar-refractivity contribution in [1.82, 2.24) is 0 Å². The van der Waals surface area contributed by atoms with Crippen molar-refractivity contribution in [1.29, 1.82) is 0 Å². The van der Waals surface area contributed by atoms with Crippen molar-refractivity contribution in [2.45, 2.75) is 213 Å². The van der Waals surface area contributed by atoms with E-state index < -0.39 is 32.5 Å². The number of ether oxygens (including phenoxy) is 2. The number of nitrogens with two attached hydrogens (primary N) is 1. The minimum absolute atomic E-state index is 0.0477. The Morgan fingerprint density at radius 2 is 0.902 bits per heavy atom. The highest BCUT2D eigenvalue weighted by Gasteiger charge is 2.26. The van der Waals surface area contributed by atoms with Crippen molar-refractivity contribution in [3.63, 3.8) is 0 Å². The lowest BCUT2D eigenvalue weighted by molar-refractivity contribution is -0.161. The van der Waals surface area contributed by atoms with Crippen LogP contribution in [0.2, 0.25) is 0 Å². The number of unbranched alkanes of at least 4 members (excludes halogenated alkanes) is 20. The second-order valence-corrected chi connectivity index (χ2v) is 17.4. The number of phosphoric ester groups is 1. The van der Waals surface area contributed by atoms with Gasteiger partial charge in [-0.25, -0.2) is 4.57 Å². The molecular weight excluding hydrogens is 786 g/mol. The van der Waals surface area contributed by atoms with Gasteiger partial charge in [-0.3, -0.25) is 18.6 Å². The van der Waals surface area contributed by atoms with Crippen molar-refractivity contribution < 1.29 is 37.6 Å². The maximum Gasteiger partial charge on any atom is 0.472 e. The molecule has 0 fully saturated rings. The predicted octanol–water partition coefficient (Wildman–Crippen LogP) is 14.6. The fourth-order valence-electron chi connectivity index (χ4n) is 6.48. The quantitative estimate of drug-likeness (QED) is 0.0265. The van der Waals surface area contributed by atoms with E-state index in [9.17, 15) is 19.0 Å². The molecule has 2 unspecified atom stereocenters. The van der Waals surface area contributed by atoms with Gasteiger partial charge in [0, 0.05) is 19.4 Å². The Hall–Kier alpha value is -2.55. The molecule has 0 saturated heterocycles. The van der Waals surface area contributed by atoms with Gasteiger partial charge in [-0.05, 0) is 83.5 Å². The molecule has 0 aromatic heterocycles. The van der Waals surface area contributed by atoms with Crippen LogP contribution in [0, 0.1) is 0 Å². The van der Waals surface area contributed by atoms with E-state index in [2.05, 4.69) is 86.8 Å². The zero-order valence-corrected chi connectivity index (χ0v) is 39.8. The Labute approximate surface area is 373 Å². The van der Waals surface area contributed by atoms with Crippen LogP contribution in [0.5, 0.6) is 0 Å². The lowest BCUT2D eigenvalue weighted by Gasteiger charge is -2.19. The zero-order chi connectivity index (χ0) is 44.6. The number of carbonyl (C=O) groups is 2. The summed E-state index contributed by atoms with van der Waals surface area (Å²) in [6.45, 7) is 3.60. The van der Waals surface area contributed by atoms with Gasteiger partial charge in [0.05, 0.1) is 13.2 Å². The van der Waals surface area contributed by atoms with Gasteiger partial charge >= 0.3 is 19.8 Å². The molecule has 352 valence electrons. The highest BCUT2D eigenvalue weighted by Crippen LogP contribution is 2.43. The Morgan fingerprint density at radius 1 is 0.508 bits per heavy atom. The van der Waals surface area contributed by atoms with Crippen molar-refractivity contribution in [3.8, 4) is 0 Å². The second kappa shape index (κ2) is 46.9. The molecule has 0 aliphatic heterocycles. The van der Waals surface area contributed by atoms with Crippen LogP contribution in [0.15, 0.2) is 72.9 Å². The maximum atomic E-state index is 12.6. The molecule has 10 heteroatoms. The Morgan fingerprint density at radius 3 is 1.36 bits per heavy atom. The van der Waals surface area contributed by atoms with Gasteiger partial charge in [0.1, 0.15) is 6.61 Å². The average Bonchev–Trinajstić information content (AvgIpc) is 3.25. The predicted molar refractivity (Wildman–Crippen MR) is 256 cm³/mol. The number of hydrogen-bond acceptors (Lipinski definition) is 8. The molecule has 61 heavy (non-hydrogen) atoms. The molecule has 0 rings (SSSR count). The van der Waals surface area contributed by atoms with Crippen LogP contribution < -0.4 is 5.73 Å². The molecule has 0 aliphatic rings. The summed E-state index contributed by atoms with van der Waals surface area (Å²) in [5, 5.41) is 0. The second-order valence-electron chi connectivity index (χ2n) is 15.9. The smallest absolute Gasteiger partial charge is 0.462 e. The largest absolute Gasteiger partial charge is 0.472 e. The third kappa shape index (κ3) is 46.8. The third-order valence-electron chi connectivity index (χ3n) is 10.1. The van der Waals surface area contributed by atoms with Crippen LogP contribution in [0.4, 0.5) is 0 Å².